The predicted octanol–water partition coefficient (Wildman–Crippen LogP) is 3.30. The maximum Gasteiger partial charge on any atom is 0.228 e. The maximum atomic E-state index is 13.5. The van der Waals surface area contributed by atoms with E-state index >= 15 is 0 Å². The first-order valence-electron chi connectivity index (χ1n) is 7.26. The smallest absolute Gasteiger partial charge is 0.228 e. The molecule has 2 aromatic rings. The topological polar surface area (TPSA) is 49.4 Å². The minimum absolute atomic E-state index is 0.182. The number of benzene rings is 2. The standard InChI is InChI=1S/C18H19FN2O2/c1-12-5-4-6-14(9-12)10-18(23)20-16-11-15(19)7-8-17(16)21(3)13(2)22/h4-9,11H,10H2,1-3H3,(H,20,23). The molecule has 23 heavy (non-hydrogen) atoms. The largest absolute Gasteiger partial charge is 0.324 e. The second-order valence-electron chi connectivity index (χ2n) is 5.45. The van der Waals surface area contributed by atoms with E-state index in [1.54, 1.807) is 7.05 Å². The van der Waals surface area contributed by atoms with E-state index in [1.807, 2.05) is 31.2 Å². The van der Waals surface area contributed by atoms with E-state index in [4.69, 9.17) is 0 Å². The lowest BCUT2D eigenvalue weighted by atomic mass is 10.1. The molecule has 0 spiro atoms. The molecule has 0 saturated heterocycles. The molecule has 2 aromatic carbocycles. The summed E-state index contributed by atoms with van der Waals surface area (Å²) in [6.45, 7) is 3.36. The zero-order chi connectivity index (χ0) is 17.0. The Kier molecular flexibility index (Phi) is 5.11. The molecule has 1 N–H and O–H groups in total. The quantitative estimate of drug-likeness (QED) is 0.941. The van der Waals surface area contributed by atoms with Gasteiger partial charge in [0.25, 0.3) is 0 Å². The monoisotopic (exact) mass is 314 g/mol. The van der Waals surface area contributed by atoms with Crippen LogP contribution in [0, 0.1) is 12.7 Å². The summed E-state index contributed by atoms with van der Waals surface area (Å²) < 4.78 is 13.5. The highest BCUT2D eigenvalue weighted by molar-refractivity contribution is 6.00. The Labute approximate surface area is 134 Å². The number of halogens is 1. The van der Waals surface area contributed by atoms with Crippen LogP contribution in [0.25, 0.3) is 0 Å². The summed E-state index contributed by atoms with van der Waals surface area (Å²) in [5, 5.41) is 2.68. The number of carbonyl (C=O) groups is 2. The minimum Gasteiger partial charge on any atom is -0.324 e. The Bertz CT molecular complexity index is 744. The van der Waals surface area contributed by atoms with Crippen LogP contribution in [0.5, 0.6) is 0 Å². The Morgan fingerprint density at radius 1 is 1.17 bits per heavy atom. The molecule has 0 aliphatic carbocycles. The molecule has 0 fully saturated rings. The van der Waals surface area contributed by atoms with Crippen LogP contribution in [-0.2, 0) is 16.0 Å². The van der Waals surface area contributed by atoms with Crippen molar-refractivity contribution in [2.75, 3.05) is 17.3 Å². The fraction of sp³-hybridized carbons (Fsp3) is 0.222. The van der Waals surface area contributed by atoms with Gasteiger partial charge in [-0.2, -0.15) is 0 Å². The average molecular weight is 314 g/mol. The van der Waals surface area contributed by atoms with Crippen molar-refractivity contribution in [2.24, 2.45) is 0 Å². The summed E-state index contributed by atoms with van der Waals surface area (Å²) in [6.07, 6.45) is 0.182. The molecule has 0 aliphatic rings. The summed E-state index contributed by atoms with van der Waals surface area (Å²) in [4.78, 5) is 25.1. The average Bonchev–Trinajstić information content (AvgIpc) is 2.46. The van der Waals surface area contributed by atoms with Gasteiger partial charge in [0.15, 0.2) is 0 Å². The third-order valence-corrected chi connectivity index (χ3v) is 3.51. The first-order chi connectivity index (χ1) is 10.9. The number of nitrogens with zero attached hydrogens (tertiary/aromatic N) is 1. The Balaban J connectivity index is 2.20. The normalized spacial score (nSPS) is 10.3. The molecule has 0 bridgehead atoms. The van der Waals surface area contributed by atoms with Gasteiger partial charge in [0.1, 0.15) is 5.82 Å². The van der Waals surface area contributed by atoms with Crippen molar-refractivity contribution in [2.45, 2.75) is 20.3 Å². The van der Waals surface area contributed by atoms with Crippen molar-refractivity contribution < 1.29 is 14.0 Å². The molecule has 0 aliphatic heterocycles. The molecular weight excluding hydrogens is 295 g/mol. The SMILES string of the molecule is CC(=O)N(C)c1ccc(F)cc1NC(=O)Cc1cccc(C)c1. The van der Waals surface area contributed by atoms with Gasteiger partial charge >= 0.3 is 0 Å². The molecule has 0 atom stereocenters. The first-order valence-corrected chi connectivity index (χ1v) is 7.26. The Morgan fingerprint density at radius 3 is 2.57 bits per heavy atom. The Morgan fingerprint density at radius 2 is 1.91 bits per heavy atom. The van der Waals surface area contributed by atoms with Crippen LogP contribution in [0.3, 0.4) is 0 Å². The second kappa shape index (κ2) is 7.05. The van der Waals surface area contributed by atoms with Gasteiger partial charge in [-0.25, -0.2) is 4.39 Å². The maximum absolute atomic E-state index is 13.5. The highest BCUT2D eigenvalue weighted by Crippen LogP contribution is 2.26. The lowest BCUT2D eigenvalue weighted by molar-refractivity contribution is -0.117. The van der Waals surface area contributed by atoms with E-state index in [2.05, 4.69) is 5.32 Å². The molecule has 2 amide bonds. The number of rotatable bonds is 4. The summed E-state index contributed by atoms with van der Waals surface area (Å²) in [6, 6.07) is 11.6. The van der Waals surface area contributed by atoms with E-state index in [1.165, 1.54) is 30.0 Å². The van der Waals surface area contributed by atoms with Gasteiger partial charge in [-0.3, -0.25) is 9.59 Å². The van der Waals surface area contributed by atoms with Crippen molar-refractivity contribution in [1.82, 2.24) is 0 Å². The molecule has 0 unspecified atom stereocenters. The molecule has 4 nitrogen and oxygen atoms in total. The van der Waals surface area contributed by atoms with E-state index in [9.17, 15) is 14.0 Å². The van der Waals surface area contributed by atoms with Crippen LogP contribution < -0.4 is 10.2 Å². The molecule has 0 aromatic heterocycles. The molecular formula is C18H19FN2O2. The molecule has 0 radical (unpaired) electrons. The highest BCUT2D eigenvalue weighted by atomic mass is 19.1. The minimum atomic E-state index is -0.475. The zero-order valence-corrected chi connectivity index (χ0v) is 13.4. The van der Waals surface area contributed by atoms with Crippen LogP contribution in [0.15, 0.2) is 42.5 Å². The lowest BCUT2D eigenvalue weighted by Gasteiger charge is -2.19. The summed E-state index contributed by atoms with van der Waals surface area (Å²) in [5.74, 6) is -0.943. The second-order valence-corrected chi connectivity index (χ2v) is 5.45. The van der Waals surface area contributed by atoms with Crippen LogP contribution in [-0.4, -0.2) is 18.9 Å². The number of hydrogen-bond donors (Lipinski definition) is 1. The van der Waals surface area contributed by atoms with E-state index < -0.39 is 5.82 Å². The van der Waals surface area contributed by atoms with Gasteiger partial charge in [0.2, 0.25) is 11.8 Å². The molecule has 0 saturated carbocycles. The van der Waals surface area contributed by atoms with Gasteiger partial charge in [-0.15, -0.1) is 0 Å². The van der Waals surface area contributed by atoms with Crippen LogP contribution in [0.4, 0.5) is 15.8 Å². The number of nitrogens with one attached hydrogen (secondary N) is 1. The van der Waals surface area contributed by atoms with Gasteiger partial charge in [-0.1, -0.05) is 29.8 Å². The van der Waals surface area contributed by atoms with E-state index in [-0.39, 0.29) is 23.9 Å². The number of amides is 2. The van der Waals surface area contributed by atoms with Crippen molar-refractivity contribution in [3.05, 3.63) is 59.4 Å². The van der Waals surface area contributed by atoms with Gasteiger partial charge < -0.3 is 10.2 Å². The summed E-state index contributed by atoms with van der Waals surface area (Å²) >= 11 is 0. The van der Waals surface area contributed by atoms with Gasteiger partial charge in [0, 0.05) is 14.0 Å². The van der Waals surface area contributed by atoms with Crippen LogP contribution in [0.2, 0.25) is 0 Å². The zero-order valence-electron chi connectivity index (χ0n) is 13.4. The third kappa shape index (κ3) is 4.39. The third-order valence-electron chi connectivity index (χ3n) is 3.51. The van der Waals surface area contributed by atoms with Crippen molar-refractivity contribution in [3.63, 3.8) is 0 Å². The number of hydrogen-bond acceptors (Lipinski definition) is 2. The predicted molar refractivity (Wildman–Crippen MR) is 89.0 cm³/mol. The highest BCUT2D eigenvalue weighted by Gasteiger charge is 2.14. The molecule has 5 heteroatoms. The number of carbonyl (C=O) groups excluding carboxylic acids is 2. The lowest BCUT2D eigenvalue weighted by Crippen LogP contribution is -2.25. The molecule has 2 rings (SSSR count). The van der Waals surface area contributed by atoms with Gasteiger partial charge in [-0.05, 0) is 30.7 Å². The summed E-state index contributed by atoms with van der Waals surface area (Å²) in [5.41, 5.74) is 2.68. The van der Waals surface area contributed by atoms with Crippen LogP contribution >= 0.6 is 0 Å². The van der Waals surface area contributed by atoms with Crippen molar-refractivity contribution >= 4 is 23.2 Å². The van der Waals surface area contributed by atoms with Gasteiger partial charge in [0.05, 0.1) is 17.8 Å². The van der Waals surface area contributed by atoms with Crippen molar-refractivity contribution in [3.8, 4) is 0 Å². The molecule has 0 heterocycles. The van der Waals surface area contributed by atoms with Crippen molar-refractivity contribution in [1.29, 1.82) is 0 Å². The number of aryl methyl sites for hydroxylation is 1. The first kappa shape index (κ1) is 16.7. The van der Waals surface area contributed by atoms with E-state index in [0.717, 1.165) is 11.1 Å². The van der Waals surface area contributed by atoms with E-state index in [0.29, 0.717) is 5.69 Å². The fourth-order valence-corrected chi connectivity index (χ4v) is 2.27. The fourth-order valence-electron chi connectivity index (χ4n) is 2.27. The molecule has 120 valence electrons. The van der Waals surface area contributed by atoms with Crippen LogP contribution in [0.1, 0.15) is 18.1 Å². The number of anilines is 2. The Hall–Kier alpha value is -2.69. The summed E-state index contributed by atoms with van der Waals surface area (Å²) in [7, 11) is 1.58.